The Kier molecular flexibility index (Phi) is 6.24. The first-order chi connectivity index (χ1) is 12.6. The molecule has 0 aromatic heterocycles. The Hall–Kier alpha value is -2.39. The van der Waals surface area contributed by atoms with E-state index in [2.05, 4.69) is 66.4 Å². The fraction of sp³-hybridized carbons (Fsp3) is 0.348. The molecule has 3 rings (SSSR count). The van der Waals surface area contributed by atoms with Crippen molar-refractivity contribution >= 4 is 11.5 Å². The second-order valence-electron chi connectivity index (χ2n) is 7.06. The molecular formula is C23H27NO2. The van der Waals surface area contributed by atoms with Gasteiger partial charge in [0.1, 0.15) is 0 Å². The third-order valence-corrected chi connectivity index (χ3v) is 5.42. The lowest BCUT2D eigenvalue weighted by Gasteiger charge is -2.23. The van der Waals surface area contributed by atoms with Crippen molar-refractivity contribution < 1.29 is 9.90 Å². The van der Waals surface area contributed by atoms with Crippen molar-refractivity contribution in [2.45, 2.75) is 32.2 Å². The Morgan fingerprint density at radius 2 is 1.65 bits per heavy atom. The molecule has 1 aliphatic rings. The highest BCUT2D eigenvalue weighted by Gasteiger charge is 2.31. The molecule has 3 nitrogen and oxygen atoms in total. The Labute approximate surface area is 156 Å². The summed E-state index contributed by atoms with van der Waals surface area (Å²) < 4.78 is 0. The minimum atomic E-state index is -0.681. The first-order valence-electron chi connectivity index (χ1n) is 9.42. The smallest absolute Gasteiger partial charge is 0.303 e. The number of hydrogen-bond donors (Lipinski definition) is 1. The summed E-state index contributed by atoms with van der Waals surface area (Å²) in [7, 11) is 0. The van der Waals surface area contributed by atoms with Crippen LogP contribution >= 0.6 is 0 Å². The molecule has 1 aliphatic heterocycles. The second-order valence-corrected chi connectivity index (χ2v) is 7.06. The molecule has 0 bridgehead atoms. The molecule has 2 atom stereocenters. The summed E-state index contributed by atoms with van der Waals surface area (Å²) in [6.07, 6.45) is 4.55. The van der Waals surface area contributed by atoms with Crippen molar-refractivity contribution in [2.75, 3.05) is 13.1 Å². The summed E-state index contributed by atoms with van der Waals surface area (Å²) in [6, 6.07) is 21.3. The van der Waals surface area contributed by atoms with E-state index in [1.165, 1.54) is 16.7 Å². The van der Waals surface area contributed by atoms with E-state index < -0.39 is 5.97 Å². The van der Waals surface area contributed by atoms with Crippen LogP contribution in [0.4, 0.5) is 0 Å². The first kappa shape index (κ1) is 18.4. The van der Waals surface area contributed by atoms with Gasteiger partial charge in [-0.3, -0.25) is 4.79 Å². The maximum absolute atomic E-state index is 11.0. The van der Waals surface area contributed by atoms with E-state index in [9.17, 15) is 4.79 Å². The Balaban J connectivity index is 1.69. The highest BCUT2D eigenvalue weighted by atomic mass is 16.4. The normalized spacial score (nSPS) is 20.0. The zero-order valence-electron chi connectivity index (χ0n) is 15.3. The van der Waals surface area contributed by atoms with Crippen LogP contribution in [-0.4, -0.2) is 35.1 Å². The summed E-state index contributed by atoms with van der Waals surface area (Å²) in [5.74, 6) is -0.404. The lowest BCUT2D eigenvalue weighted by molar-refractivity contribution is -0.138. The average molecular weight is 349 g/mol. The number of carbonyl (C=O) groups is 1. The van der Waals surface area contributed by atoms with Crippen molar-refractivity contribution in [1.29, 1.82) is 0 Å². The second kappa shape index (κ2) is 8.81. The third kappa shape index (κ3) is 4.61. The van der Waals surface area contributed by atoms with Gasteiger partial charge in [-0.15, -0.1) is 0 Å². The summed E-state index contributed by atoms with van der Waals surface area (Å²) in [5, 5.41) is 9.05. The fourth-order valence-corrected chi connectivity index (χ4v) is 3.90. The molecule has 2 unspecified atom stereocenters. The van der Waals surface area contributed by atoms with Gasteiger partial charge in [-0.2, -0.15) is 0 Å². The molecule has 0 aliphatic carbocycles. The fourth-order valence-electron chi connectivity index (χ4n) is 3.90. The number of carboxylic acids is 1. The van der Waals surface area contributed by atoms with E-state index in [1.807, 2.05) is 12.1 Å². The van der Waals surface area contributed by atoms with Crippen LogP contribution in [-0.2, 0) is 4.79 Å². The first-order valence-corrected chi connectivity index (χ1v) is 9.42. The molecule has 2 aromatic rings. The Morgan fingerprint density at radius 3 is 2.19 bits per heavy atom. The van der Waals surface area contributed by atoms with Crippen LogP contribution < -0.4 is 0 Å². The van der Waals surface area contributed by atoms with E-state index in [1.54, 1.807) is 0 Å². The van der Waals surface area contributed by atoms with Gasteiger partial charge < -0.3 is 10.0 Å². The molecule has 26 heavy (non-hydrogen) atoms. The van der Waals surface area contributed by atoms with Crippen LogP contribution in [0.3, 0.4) is 0 Å². The van der Waals surface area contributed by atoms with Crippen molar-refractivity contribution in [2.24, 2.45) is 5.92 Å². The SMILES string of the molecule is CC1C(CC(=O)O)CCN1CCC=C(c1ccccc1)c1ccccc1. The molecule has 1 fully saturated rings. The van der Waals surface area contributed by atoms with E-state index >= 15 is 0 Å². The molecule has 0 radical (unpaired) electrons. The van der Waals surface area contributed by atoms with Gasteiger partial charge in [0, 0.05) is 19.0 Å². The number of carboxylic acid groups (broad SMARTS) is 1. The average Bonchev–Trinajstić information content (AvgIpc) is 2.99. The van der Waals surface area contributed by atoms with Gasteiger partial charge in [0.15, 0.2) is 0 Å². The predicted octanol–water partition coefficient (Wildman–Crippen LogP) is 4.69. The summed E-state index contributed by atoms with van der Waals surface area (Å²) >= 11 is 0. The van der Waals surface area contributed by atoms with Gasteiger partial charge in [0.05, 0.1) is 0 Å². The van der Waals surface area contributed by atoms with E-state index in [0.717, 1.165) is 25.9 Å². The van der Waals surface area contributed by atoms with Gasteiger partial charge in [-0.25, -0.2) is 0 Å². The maximum Gasteiger partial charge on any atom is 0.303 e. The van der Waals surface area contributed by atoms with Gasteiger partial charge in [-0.05, 0) is 48.9 Å². The van der Waals surface area contributed by atoms with E-state index in [0.29, 0.717) is 6.04 Å². The van der Waals surface area contributed by atoms with Gasteiger partial charge in [0.25, 0.3) is 0 Å². The molecule has 136 valence electrons. The highest BCUT2D eigenvalue weighted by Crippen LogP contribution is 2.28. The van der Waals surface area contributed by atoms with Crippen molar-refractivity contribution in [1.82, 2.24) is 4.90 Å². The lowest BCUT2D eigenvalue weighted by Crippen LogP contribution is -2.31. The molecular weight excluding hydrogens is 322 g/mol. The van der Waals surface area contributed by atoms with Crippen LogP contribution in [0.25, 0.3) is 5.57 Å². The molecule has 1 N–H and O–H groups in total. The van der Waals surface area contributed by atoms with Crippen LogP contribution in [0.5, 0.6) is 0 Å². The number of likely N-dealkylation sites (tertiary alicyclic amines) is 1. The molecule has 1 heterocycles. The minimum Gasteiger partial charge on any atom is -0.481 e. The van der Waals surface area contributed by atoms with Crippen LogP contribution in [0.1, 0.15) is 37.3 Å². The lowest BCUT2D eigenvalue weighted by atomic mass is 9.96. The predicted molar refractivity (Wildman–Crippen MR) is 106 cm³/mol. The number of nitrogens with zero attached hydrogens (tertiary/aromatic N) is 1. The molecule has 0 amide bonds. The minimum absolute atomic E-state index is 0.277. The zero-order valence-corrected chi connectivity index (χ0v) is 15.3. The number of hydrogen-bond acceptors (Lipinski definition) is 2. The number of benzene rings is 2. The van der Waals surface area contributed by atoms with E-state index in [-0.39, 0.29) is 12.3 Å². The standard InChI is InChI=1S/C23H27NO2/c1-18-21(17-23(25)26)14-16-24(18)15-8-13-22(19-9-4-2-5-10-19)20-11-6-3-7-12-20/h2-7,9-13,18,21H,8,14-17H2,1H3,(H,25,26). The zero-order chi connectivity index (χ0) is 18.4. The van der Waals surface area contributed by atoms with Crippen molar-refractivity contribution in [3.05, 3.63) is 77.9 Å². The Bertz CT molecular complexity index is 698. The summed E-state index contributed by atoms with van der Waals surface area (Å²) in [6.45, 7) is 4.14. The monoisotopic (exact) mass is 349 g/mol. The van der Waals surface area contributed by atoms with Gasteiger partial charge >= 0.3 is 5.97 Å². The van der Waals surface area contributed by atoms with Crippen molar-refractivity contribution in [3.63, 3.8) is 0 Å². The number of aliphatic carboxylic acids is 1. The quantitative estimate of drug-likeness (QED) is 0.788. The van der Waals surface area contributed by atoms with Gasteiger partial charge in [-0.1, -0.05) is 66.7 Å². The largest absolute Gasteiger partial charge is 0.481 e. The third-order valence-electron chi connectivity index (χ3n) is 5.42. The summed E-state index contributed by atoms with van der Waals surface area (Å²) in [5.41, 5.74) is 3.73. The van der Waals surface area contributed by atoms with Crippen molar-refractivity contribution in [3.8, 4) is 0 Å². The topological polar surface area (TPSA) is 40.5 Å². The molecule has 3 heteroatoms. The molecule has 0 spiro atoms. The van der Waals surface area contributed by atoms with Crippen LogP contribution in [0.15, 0.2) is 66.7 Å². The number of rotatable bonds is 7. The molecule has 1 saturated heterocycles. The van der Waals surface area contributed by atoms with Crippen LogP contribution in [0.2, 0.25) is 0 Å². The maximum atomic E-state index is 11.0. The van der Waals surface area contributed by atoms with Crippen LogP contribution in [0, 0.1) is 5.92 Å². The highest BCUT2D eigenvalue weighted by molar-refractivity contribution is 5.79. The molecule has 0 saturated carbocycles. The summed E-state index contributed by atoms with van der Waals surface area (Å²) in [4.78, 5) is 13.4. The van der Waals surface area contributed by atoms with E-state index in [4.69, 9.17) is 5.11 Å². The molecule has 2 aromatic carbocycles. The van der Waals surface area contributed by atoms with Gasteiger partial charge in [0.2, 0.25) is 0 Å². The Morgan fingerprint density at radius 1 is 1.08 bits per heavy atom.